The second-order valence-electron chi connectivity index (χ2n) is 7.92. The number of methoxy groups -OCH3 is 1. The van der Waals surface area contributed by atoms with Crippen LogP contribution in [-0.2, 0) is 9.59 Å². The Morgan fingerprint density at radius 2 is 1.76 bits per heavy atom. The number of hydrogen-bond acceptors (Lipinski definition) is 6. The highest BCUT2D eigenvalue weighted by Crippen LogP contribution is 2.44. The van der Waals surface area contributed by atoms with Crippen LogP contribution in [0.4, 0.5) is 9.52 Å². The second kappa shape index (κ2) is 8.39. The van der Waals surface area contributed by atoms with Crippen molar-refractivity contribution in [3.8, 4) is 5.75 Å². The van der Waals surface area contributed by atoms with Gasteiger partial charge in [-0.1, -0.05) is 29.5 Å². The van der Waals surface area contributed by atoms with Crippen LogP contribution in [0, 0.1) is 12.7 Å². The molecule has 1 fully saturated rings. The third-order valence-electron chi connectivity index (χ3n) is 5.73. The molecule has 3 aromatic carbocycles. The molecule has 0 aliphatic carbocycles. The van der Waals surface area contributed by atoms with Gasteiger partial charge in [-0.05, 0) is 66.6 Å². The summed E-state index contributed by atoms with van der Waals surface area (Å²) in [5, 5.41) is 11.5. The number of anilines is 1. The number of thiazole rings is 1. The van der Waals surface area contributed by atoms with Crippen molar-refractivity contribution in [1.29, 1.82) is 0 Å². The van der Waals surface area contributed by atoms with Crippen molar-refractivity contribution in [1.82, 2.24) is 4.98 Å². The SMILES string of the molecule is COc1ccc(C(O)=C2C(=O)C(=O)N(c3nc4ccc(C)cc4s3)[C@@H]2c2ccc(F)cc2)cc1. The molecule has 6 nitrogen and oxygen atoms in total. The van der Waals surface area contributed by atoms with E-state index in [4.69, 9.17) is 4.74 Å². The van der Waals surface area contributed by atoms with Crippen molar-refractivity contribution in [3.63, 3.8) is 0 Å². The van der Waals surface area contributed by atoms with Crippen molar-refractivity contribution in [3.05, 3.63) is 94.8 Å². The normalized spacial score (nSPS) is 17.5. The number of aliphatic hydroxyl groups is 1. The van der Waals surface area contributed by atoms with Gasteiger partial charge in [0.1, 0.15) is 17.3 Å². The van der Waals surface area contributed by atoms with Crippen LogP contribution in [0.1, 0.15) is 22.7 Å². The number of benzene rings is 3. The van der Waals surface area contributed by atoms with Gasteiger partial charge < -0.3 is 9.84 Å². The number of carbonyl (C=O) groups excluding carboxylic acids is 2. The molecule has 0 spiro atoms. The number of hydrogen-bond donors (Lipinski definition) is 1. The highest BCUT2D eigenvalue weighted by molar-refractivity contribution is 7.22. The van der Waals surface area contributed by atoms with Crippen molar-refractivity contribution >= 4 is 44.1 Å². The first-order chi connectivity index (χ1) is 16.4. The van der Waals surface area contributed by atoms with Crippen LogP contribution in [0.3, 0.4) is 0 Å². The van der Waals surface area contributed by atoms with E-state index in [0.29, 0.717) is 27.5 Å². The summed E-state index contributed by atoms with van der Waals surface area (Å²) in [6.45, 7) is 1.96. The Morgan fingerprint density at radius 3 is 2.44 bits per heavy atom. The Balaban J connectivity index is 1.71. The number of ketones is 1. The molecule has 1 aliphatic rings. The van der Waals surface area contributed by atoms with Gasteiger partial charge in [0.25, 0.3) is 5.78 Å². The first-order valence-electron chi connectivity index (χ1n) is 10.5. The topological polar surface area (TPSA) is 79.7 Å². The highest BCUT2D eigenvalue weighted by atomic mass is 32.1. The molecule has 170 valence electrons. The van der Waals surface area contributed by atoms with Gasteiger partial charge in [-0.3, -0.25) is 14.5 Å². The number of rotatable bonds is 4. The van der Waals surface area contributed by atoms with Crippen LogP contribution in [-0.4, -0.2) is 28.9 Å². The third-order valence-corrected chi connectivity index (χ3v) is 6.75. The molecule has 5 rings (SSSR count). The van der Waals surface area contributed by atoms with Crippen LogP contribution in [0.15, 0.2) is 72.3 Å². The molecule has 0 radical (unpaired) electrons. The van der Waals surface area contributed by atoms with Crippen LogP contribution < -0.4 is 9.64 Å². The predicted octanol–water partition coefficient (Wildman–Crippen LogP) is 5.38. The summed E-state index contributed by atoms with van der Waals surface area (Å²) in [4.78, 5) is 32.3. The first-order valence-corrected chi connectivity index (χ1v) is 11.3. The molecule has 0 unspecified atom stereocenters. The number of ether oxygens (including phenoxy) is 1. The summed E-state index contributed by atoms with van der Waals surface area (Å²) in [7, 11) is 1.52. The number of Topliss-reactive ketones (excluding diaryl/α,β-unsaturated/α-hetero) is 1. The standard InChI is InChI=1S/C26H19FN2O4S/c1-14-3-12-19-20(13-14)34-26(28-19)29-22(15-4-8-17(27)9-5-15)21(24(31)25(29)32)23(30)16-6-10-18(33-2)11-7-16/h3-13,22,30H,1-2H3/t22-/m1/s1. The largest absolute Gasteiger partial charge is 0.507 e. The number of aliphatic hydroxyl groups excluding tert-OH is 1. The quantitative estimate of drug-likeness (QED) is 0.244. The van der Waals surface area contributed by atoms with Crippen LogP contribution >= 0.6 is 11.3 Å². The molecule has 4 aromatic rings. The van der Waals surface area contributed by atoms with Crippen LogP contribution in [0.25, 0.3) is 16.0 Å². The van der Waals surface area contributed by atoms with Crippen LogP contribution in [0.2, 0.25) is 0 Å². The van der Waals surface area contributed by atoms with Crippen molar-refractivity contribution < 1.29 is 23.8 Å². The Labute approximate surface area is 198 Å². The van der Waals surface area contributed by atoms with Crippen molar-refractivity contribution in [2.24, 2.45) is 0 Å². The lowest BCUT2D eigenvalue weighted by atomic mass is 9.95. The van der Waals surface area contributed by atoms with Gasteiger partial charge in [-0.2, -0.15) is 0 Å². The molecule has 0 bridgehead atoms. The lowest BCUT2D eigenvalue weighted by Gasteiger charge is -2.23. The van der Waals surface area contributed by atoms with Crippen LogP contribution in [0.5, 0.6) is 5.75 Å². The lowest BCUT2D eigenvalue weighted by molar-refractivity contribution is -0.132. The molecule has 1 aromatic heterocycles. The molecule has 2 heterocycles. The second-order valence-corrected chi connectivity index (χ2v) is 8.93. The number of nitrogens with zero attached hydrogens (tertiary/aromatic N) is 2. The molecular weight excluding hydrogens is 455 g/mol. The number of amides is 1. The Hall–Kier alpha value is -4.04. The van der Waals surface area contributed by atoms with E-state index >= 15 is 0 Å². The van der Waals surface area contributed by atoms with E-state index < -0.39 is 23.5 Å². The molecule has 8 heteroatoms. The number of carbonyl (C=O) groups is 2. The van der Waals surface area contributed by atoms with Gasteiger partial charge in [0.05, 0.1) is 28.9 Å². The fourth-order valence-corrected chi connectivity index (χ4v) is 5.11. The van der Waals surface area contributed by atoms with E-state index in [2.05, 4.69) is 4.98 Å². The van der Waals surface area contributed by atoms with Gasteiger partial charge in [0.15, 0.2) is 5.13 Å². The summed E-state index contributed by atoms with van der Waals surface area (Å²) < 4.78 is 19.7. The summed E-state index contributed by atoms with van der Waals surface area (Å²) in [5.41, 5.74) is 2.48. The minimum absolute atomic E-state index is 0.0859. The van der Waals surface area contributed by atoms with Crippen molar-refractivity contribution in [2.75, 3.05) is 12.0 Å². The zero-order chi connectivity index (χ0) is 24.0. The van der Waals surface area contributed by atoms with E-state index in [1.165, 1.54) is 47.6 Å². The maximum absolute atomic E-state index is 13.7. The van der Waals surface area contributed by atoms with Gasteiger partial charge >= 0.3 is 5.91 Å². The summed E-state index contributed by atoms with van der Waals surface area (Å²) in [6, 6.07) is 16.8. The maximum atomic E-state index is 13.7. The number of aromatic nitrogens is 1. The predicted molar refractivity (Wildman–Crippen MR) is 129 cm³/mol. The smallest absolute Gasteiger partial charge is 0.301 e. The monoisotopic (exact) mass is 474 g/mol. The molecule has 0 saturated carbocycles. The molecule has 34 heavy (non-hydrogen) atoms. The van der Waals surface area contributed by atoms with E-state index in [9.17, 15) is 19.1 Å². The number of fused-ring (bicyclic) bond motifs is 1. The summed E-state index contributed by atoms with van der Waals surface area (Å²) in [6.07, 6.45) is 0. The van der Waals surface area contributed by atoms with Gasteiger partial charge in [0, 0.05) is 5.56 Å². The highest BCUT2D eigenvalue weighted by Gasteiger charge is 2.48. The fourth-order valence-electron chi connectivity index (χ4n) is 4.02. The average molecular weight is 475 g/mol. The summed E-state index contributed by atoms with van der Waals surface area (Å²) in [5.74, 6) is -1.84. The zero-order valence-corrected chi connectivity index (χ0v) is 19.1. The molecule has 1 aliphatic heterocycles. The van der Waals surface area contributed by atoms with Gasteiger partial charge in [-0.25, -0.2) is 9.37 Å². The minimum Gasteiger partial charge on any atom is -0.507 e. The number of aryl methyl sites for hydroxylation is 1. The fraction of sp³-hybridized carbons (Fsp3) is 0.115. The van der Waals surface area contributed by atoms with E-state index in [-0.39, 0.29) is 11.3 Å². The van der Waals surface area contributed by atoms with Crippen molar-refractivity contribution in [2.45, 2.75) is 13.0 Å². The molecule has 1 atom stereocenters. The molecule has 1 saturated heterocycles. The Kier molecular flexibility index (Phi) is 5.37. The van der Waals surface area contributed by atoms with E-state index in [1.807, 2.05) is 25.1 Å². The summed E-state index contributed by atoms with van der Waals surface area (Å²) >= 11 is 1.28. The molecular formula is C26H19FN2O4S. The molecule has 1 N–H and O–H groups in total. The van der Waals surface area contributed by atoms with E-state index in [0.717, 1.165) is 10.3 Å². The Bertz CT molecular complexity index is 1460. The number of halogens is 1. The lowest BCUT2D eigenvalue weighted by Crippen LogP contribution is -2.29. The Morgan fingerprint density at radius 1 is 1.06 bits per heavy atom. The first kappa shape index (κ1) is 21.8. The average Bonchev–Trinajstić information content (AvgIpc) is 3.37. The maximum Gasteiger partial charge on any atom is 0.301 e. The van der Waals surface area contributed by atoms with E-state index in [1.54, 1.807) is 24.3 Å². The molecule has 1 amide bonds. The van der Waals surface area contributed by atoms with Gasteiger partial charge in [0.2, 0.25) is 0 Å². The zero-order valence-electron chi connectivity index (χ0n) is 18.3. The van der Waals surface area contributed by atoms with Gasteiger partial charge in [-0.15, -0.1) is 0 Å². The third kappa shape index (κ3) is 3.62. The minimum atomic E-state index is -0.968.